The highest BCUT2D eigenvalue weighted by atomic mass is 16.9. The Morgan fingerprint density at radius 3 is 1.38 bits per heavy atom. The molecular weight excluding hydrogens is 188 g/mol. The van der Waals surface area contributed by atoms with Crippen LogP contribution in [0.15, 0.2) is 0 Å². The van der Waals surface area contributed by atoms with Crippen LogP contribution in [0.25, 0.3) is 0 Å². The van der Waals surface area contributed by atoms with Gasteiger partial charge in [-0.1, -0.05) is 0 Å². The first-order valence-electron chi connectivity index (χ1n) is 2.86. The molecule has 80 valence electrons. The van der Waals surface area contributed by atoms with E-state index in [9.17, 15) is 0 Å². The van der Waals surface area contributed by atoms with Crippen LogP contribution in [-0.4, -0.2) is 33.2 Å². The predicted molar refractivity (Wildman–Crippen MR) is 40.3 cm³/mol. The van der Waals surface area contributed by atoms with Crippen LogP contribution in [-0.2, 0) is 0 Å². The number of nitrogens with two attached hydrogens (primary N) is 2. The molecule has 0 aliphatic heterocycles. The van der Waals surface area contributed by atoms with E-state index in [1.807, 2.05) is 6.92 Å². The Balaban J connectivity index is -0.000000117. The van der Waals surface area contributed by atoms with Crippen LogP contribution in [0.1, 0.15) is 6.92 Å². The van der Waals surface area contributed by atoms with Crippen LogP contribution in [0.3, 0.4) is 0 Å². The summed E-state index contributed by atoms with van der Waals surface area (Å²) in [5, 5.41) is 27.3. The Bertz CT molecular complexity index is 118. The summed E-state index contributed by atoms with van der Waals surface area (Å²) in [7, 11) is 0. The van der Waals surface area contributed by atoms with E-state index in [1.165, 1.54) is 0 Å². The zero-order valence-electron chi connectivity index (χ0n) is 6.86. The first kappa shape index (κ1) is 17.4. The van der Waals surface area contributed by atoms with Crippen molar-refractivity contribution < 1.29 is 20.6 Å². The fourth-order valence-corrected chi connectivity index (χ4v) is 0. The van der Waals surface area contributed by atoms with Gasteiger partial charge in [0.25, 0.3) is 10.2 Å². The van der Waals surface area contributed by atoms with Gasteiger partial charge < -0.3 is 21.9 Å². The third kappa shape index (κ3) is 6980. The van der Waals surface area contributed by atoms with Crippen LogP contribution < -0.4 is 11.5 Å². The van der Waals surface area contributed by atoms with Gasteiger partial charge in [0.05, 0.1) is 0 Å². The van der Waals surface area contributed by atoms with Crippen LogP contribution in [0.5, 0.6) is 0 Å². The van der Waals surface area contributed by atoms with Crippen molar-refractivity contribution in [3.63, 3.8) is 0 Å². The molecule has 0 aromatic rings. The molecule has 10 nitrogen and oxygen atoms in total. The van der Waals surface area contributed by atoms with E-state index in [0.29, 0.717) is 6.54 Å². The van der Waals surface area contributed by atoms with Crippen LogP contribution >= 0.6 is 0 Å². The second-order valence-corrected chi connectivity index (χ2v) is 1.69. The van der Waals surface area contributed by atoms with Gasteiger partial charge in [-0.3, -0.25) is 0 Å². The molecule has 10 heteroatoms. The van der Waals surface area contributed by atoms with Gasteiger partial charge in [-0.2, -0.15) is 0 Å². The van der Waals surface area contributed by atoms with Crippen molar-refractivity contribution in [2.24, 2.45) is 11.5 Å². The lowest BCUT2D eigenvalue weighted by molar-refractivity contribution is -0.742. The molecule has 13 heavy (non-hydrogen) atoms. The molecule has 0 aromatic carbocycles. The summed E-state index contributed by atoms with van der Waals surface area (Å²) in [6, 6.07) is 0.162. The zero-order valence-corrected chi connectivity index (χ0v) is 6.86. The molecule has 0 saturated heterocycles. The van der Waals surface area contributed by atoms with E-state index in [4.69, 9.17) is 42.1 Å². The Labute approximate surface area is 73.0 Å². The Kier molecular flexibility index (Phi) is 17.3. The lowest BCUT2D eigenvalue weighted by Gasteiger charge is -1.92. The van der Waals surface area contributed by atoms with Crippen molar-refractivity contribution in [3.8, 4) is 0 Å². The van der Waals surface area contributed by atoms with E-state index in [2.05, 4.69) is 0 Å². The van der Waals surface area contributed by atoms with Crippen LogP contribution in [0.2, 0.25) is 0 Å². The summed E-state index contributed by atoms with van der Waals surface area (Å²) >= 11 is 0. The van der Waals surface area contributed by atoms with Crippen molar-refractivity contribution in [1.29, 1.82) is 0 Å². The average molecular weight is 200 g/mol. The minimum atomic E-state index is -1.50. The van der Waals surface area contributed by atoms with Gasteiger partial charge in [0.1, 0.15) is 0 Å². The van der Waals surface area contributed by atoms with Gasteiger partial charge >= 0.3 is 0 Å². The summed E-state index contributed by atoms with van der Waals surface area (Å²) < 4.78 is 0. The molecule has 0 spiro atoms. The third-order valence-electron chi connectivity index (χ3n) is 0.372. The summed E-state index contributed by atoms with van der Waals surface area (Å²) in [4.78, 5) is 16.7. The van der Waals surface area contributed by atoms with Crippen molar-refractivity contribution in [1.82, 2.24) is 0 Å². The molecule has 1 unspecified atom stereocenters. The first-order valence-corrected chi connectivity index (χ1v) is 2.86. The molecule has 0 aromatic heterocycles. The number of hydrogen-bond acceptors (Lipinski definition) is 6. The molecule has 0 heterocycles. The lowest BCUT2D eigenvalue weighted by Crippen LogP contribution is -2.25. The maximum absolute atomic E-state index is 8.36. The molecule has 0 aliphatic carbocycles. The standard InChI is InChI=1S/C3H10N2.2HNO3/c1-3(5)2-4;2*2-1(3)4/h3H,2,4-5H2,1H3;2*(H,2,3,4). The van der Waals surface area contributed by atoms with E-state index < -0.39 is 10.2 Å². The lowest BCUT2D eigenvalue weighted by atomic mass is 10.4. The van der Waals surface area contributed by atoms with Crippen molar-refractivity contribution >= 4 is 0 Å². The zero-order chi connectivity index (χ0) is 11.4. The molecule has 0 fully saturated rings. The normalized spacial score (nSPS) is 9.46. The maximum atomic E-state index is 8.36. The molecule has 0 saturated carbocycles. The SMILES string of the molecule is CC(N)CN.O=[N+]([O-])O.O=[N+]([O-])O. The fraction of sp³-hybridized carbons (Fsp3) is 1.00. The van der Waals surface area contributed by atoms with Gasteiger partial charge in [0.15, 0.2) is 0 Å². The highest BCUT2D eigenvalue weighted by molar-refractivity contribution is 4.48. The smallest absolute Gasteiger partial charge is 0.291 e. The van der Waals surface area contributed by atoms with Gasteiger partial charge in [-0.15, -0.1) is 20.2 Å². The van der Waals surface area contributed by atoms with Crippen LogP contribution in [0, 0.1) is 20.2 Å². The summed E-state index contributed by atoms with van der Waals surface area (Å²) in [5.41, 5.74) is 10.2. The second kappa shape index (κ2) is 12.9. The summed E-state index contributed by atoms with van der Waals surface area (Å²) in [6.07, 6.45) is 0. The monoisotopic (exact) mass is 200 g/mol. The fourth-order valence-electron chi connectivity index (χ4n) is 0. The van der Waals surface area contributed by atoms with Gasteiger partial charge in [0.2, 0.25) is 0 Å². The Morgan fingerprint density at radius 1 is 1.31 bits per heavy atom. The molecule has 0 aliphatic rings. The minimum absolute atomic E-state index is 0.162. The quantitative estimate of drug-likeness (QED) is 0.294. The van der Waals surface area contributed by atoms with Gasteiger partial charge in [0, 0.05) is 12.6 Å². The number of rotatable bonds is 1. The second-order valence-electron chi connectivity index (χ2n) is 1.69. The number of nitrogens with zero attached hydrogens (tertiary/aromatic N) is 2. The van der Waals surface area contributed by atoms with E-state index >= 15 is 0 Å². The van der Waals surface area contributed by atoms with Crippen molar-refractivity contribution in [2.45, 2.75) is 13.0 Å². The minimum Gasteiger partial charge on any atom is -0.329 e. The topological polar surface area (TPSA) is 179 Å². The molecule has 0 radical (unpaired) electrons. The van der Waals surface area contributed by atoms with Crippen LogP contribution in [0.4, 0.5) is 0 Å². The Morgan fingerprint density at radius 2 is 1.38 bits per heavy atom. The average Bonchev–Trinajstić information content (AvgIpc) is 1.84. The van der Waals surface area contributed by atoms with Crippen molar-refractivity contribution in [3.05, 3.63) is 20.2 Å². The molecule has 6 N–H and O–H groups in total. The van der Waals surface area contributed by atoms with Gasteiger partial charge in [-0.25, -0.2) is 0 Å². The molecule has 1 atom stereocenters. The van der Waals surface area contributed by atoms with E-state index in [0.717, 1.165) is 0 Å². The highest BCUT2D eigenvalue weighted by Gasteiger charge is 1.79. The molecule has 0 amide bonds. The highest BCUT2D eigenvalue weighted by Crippen LogP contribution is 1.59. The van der Waals surface area contributed by atoms with E-state index in [1.54, 1.807) is 0 Å². The predicted octanol–water partition coefficient (Wildman–Crippen LogP) is -1.40. The summed E-state index contributed by atoms with van der Waals surface area (Å²) in [6.45, 7) is 2.46. The number of hydrogen-bond donors (Lipinski definition) is 4. The first-order chi connectivity index (χ1) is 5.73. The molecular formula is C3H12N4O6. The Hall–Kier alpha value is -1.68. The third-order valence-corrected chi connectivity index (χ3v) is 0.372. The van der Waals surface area contributed by atoms with Crippen molar-refractivity contribution in [2.75, 3.05) is 6.54 Å². The molecule has 0 rings (SSSR count). The summed E-state index contributed by atoms with van der Waals surface area (Å²) in [5.74, 6) is 0. The molecule has 0 bridgehead atoms. The maximum Gasteiger partial charge on any atom is 0.291 e. The van der Waals surface area contributed by atoms with Gasteiger partial charge in [-0.05, 0) is 6.92 Å². The van der Waals surface area contributed by atoms with E-state index in [-0.39, 0.29) is 6.04 Å². The largest absolute Gasteiger partial charge is 0.329 e.